The lowest BCUT2D eigenvalue weighted by atomic mass is 9.83. The molecule has 3 aromatic rings. The minimum atomic E-state index is -0.782. The first-order chi connectivity index (χ1) is 12.9. The number of benzene rings is 2. The minimum absolute atomic E-state index is 0.0447. The van der Waals surface area contributed by atoms with E-state index in [4.69, 9.17) is 4.42 Å². The maximum Gasteiger partial charge on any atom is 0.374 e. The third-order valence-corrected chi connectivity index (χ3v) is 4.57. The van der Waals surface area contributed by atoms with Crippen molar-refractivity contribution >= 4 is 18.0 Å². The lowest BCUT2D eigenvalue weighted by Crippen LogP contribution is -2.38. The van der Waals surface area contributed by atoms with Gasteiger partial charge in [-0.15, -0.1) is 0 Å². The third-order valence-electron chi connectivity index (χ3n) is 4.57. The average molecular weight is 367 g/mol. The van der Waals surface area contributed by atoms with E-state index in [1.54, 1.807) is 6.82 Å². The predicted molar refractivity (Wildman–Crippen MR) is 106 cm³/mol. The number of hydrogen-bond acceptors (Lipinski definition) is 4. The van der Waals surface area contributed by atoms with Gasteiger partial charge in [0, 0.05) is 18.1 Å². The van der Waals surface area contributed by atoms with Gasteiger partial charge >= 0.3 is 7.05 Å². The highest BCUT2D eigenvalue weighted by Gasteiger charge is 2.27. The molecule has 0 saturated carbocycles. The topological polar surface area (TPSA) is 62.5 Å². The number of halogens is 1. The van der Waals surface area contributed by atoms with Crippen LogP contribution in [0.4, 0.5) is 4.39 Å². The zero-order chi connectivity index (χ0) is 19.6. The molecule has 1 heterocycles. The largest absolute Gasteiger partial charge is 0.459 e. The fourth-order valence-electron chi connectivity index (χ4n) is 3.27. The van der Waals surface area contributed by atoms with Crippen LogP contribution in [-0.4, -0.2) is 12.1 Å². The van der Waals surface area contributed by atoms with Gasteiger partial charge in [-0.2, -0.15) is 0 Å². The van der Waals surface area contributed by atoms with E-state index in [0.717, 1.165) is 5.56 Å². The van der Waals surface area contributed by atoms with Crippen molar-refractivity contribution in [3.8, 4) is 0 Å². The van der Waals surface area contributed by atoms with E-state index in [0.29, 0.717) is 23.1 Å². The first-order valence-corrected chi connectivity index (χ1v) is 9.10. The van der Waals surface area contributed by atoms with Crippen LogP contribution in [0, 0.1) is 11.7 Å². The van der Waals surface area contributed by atoms with E-state index in [9.17, 15) is 14.2 Å². The highest BCUT2D eigenvalue weighted by atomic mass is 19.1. The van der Waals surface area contributed by atoms with Crippen molar-refractivity contribution in [3.63, 3.8) is 0 Å². The summed E-state index contributed by atoms with van der Waals surface area (Å²) in [5.41, 5.74) is 1.54. The second-order valence-corrected chi connectivity index (χ2v) is 7.14. The molecule has 0 saturated heterocycles. The molecule has 0 aliphatic heterocycles. The molecule has 27 heavy (non-hydrogen) atoms. The van der Waals surface area contributed by atoms with E-state index >= 15 is 0 Å². The molecule has 0 aliphatic carbocycles. The summed E-state index contributed by atoms with van der Waals surface area (Å²) >= 11 is 0. The summed E-state index contributed by atoms with van der Waals surface area (Å²) in [6, 6.07) is 13.2. The Morgan fingerprint density at radius 2 is 1.89 bits per heavy atom. The standard InChI is InChI=1S/C21H23BFNO3/c1-13(2)19(24-22(3)26)21-17(11-14-7-5-4-6-8-14)20(25)16-10-9-15(23)12-18(16)27-21/h4-10,12-13,19,24,26H,11H2,1-3H3/t19-/m1/s1. The van der Waals surface area contributed by atoms with Crippen molar-refractivity contribution < 1.29 is 13.8 Å². The molecule has 0 spiro atoms. The molecule has 4 nitrogen and oxygen atoms in total. The average Bonchev–Trinajstić information content (AvgIpc) is 2.62. The zero-order valence-corrected chi connectivity index (χ0v) is 15.7. The molecule has 0 fully saturated rings. The van der Waals surface area contributed by atoms with Gasteiger partial charge in [-0.05, 0) is 30.4 Å². The Kier molecular flexibility index (Phi) is 5.78. The Morgan fingerprint density at radius 3 is 2.52 bits per heavy atom. The highest BCUT2D eigenvalue weighted by Crippen LogP contribution is 2.28. The van der Waals surface area contributed by atoms with E-state index in [1.807, 2.05) is 44.2 Å². The van der Waals surface area contributed by atoms with E-state index in [2.05, 4.69) is 5.23 Å². The molecular weight excluding hydrogens is 344 g/mol. The van der Waals surface area contributed by atoms with Crippen LogP contribution in [0.5, 0.6) is 0 Å². The van der Waals surface area contributed by atoms with Crippen molar-refractivity contribution in [2.45, 2.75) is 33.1 Å². The molecule has 0 amide bonds. The van der Waals surface area contributed by atoms with Crippen LogP contribution >= 0.6 is 0 Å². The van der Waals surface area contributed by atoms with Crippen molar-refractivity contribution in [2.24, 2.45) is 5.92 Å². The lowest BCUT2D eigenvalue weighted by molar-refractivity contribution is 0.367. The molecule has 0 unspecified atom stereocenters. The normalized spacial score (nSPS) is 12.5. The van der Waals surface area contributed by atoms with Crippen molar-refractivity contribution in [2.75, 3.05) is 0 Å². The fraction of sp³-hybridized carbons (Fsp3) is 0.286. The van der Waals surface area contributed by atoms with Crippen LogP contribution in [0.3, 0.4) is 0 Å². The van der Waals surface area contributed by atoms with E-state index < -0.39 is 12.9 Å². The predicted octanol–water partition coefficient (Wildman–Crippen LogP) is 3.92. The van der Waals surface area contributed by atoms with E-state index in [1.165, 1.54) is 18.2 Å². The van der Waals surface area contributed by atoms with E-state index in [-0.39, 0.29) is 23.0 Å². The Bertz CT molecular complexity index is 986. The Hall–Kier alpha value is -2.44. The van der Waals surface area contributed by atoms with Gasteiger partial charge < -0.3 is 14.7 Å². The molecule has 1 atom stereocenters. The minimum Gasteiger partial charge on any atom is -0.459 e. The van der Waals surface area contributed by atoms with Crippen LogP contribution in [-0.2, 0) is 6.42 Å². The maximum atomic E-state index is 13.7. The van der Waals surface area contributed by atoms with Crippen LogP contribution in [0.25, 0.3) is 11.0 Å². The van der Waals surface area contributed by atoms with Gasteiger partial charge in [0.2, 0.25) is 0 Å². The summed E-state index contributed by atoms with van der Waals surface area (Å²) in [5.74, 6) is 0.0260. The monoisotopic (exact) mass is 367 g/mol. The second-order valence-electron chi connectivity index (χ2n) is 7.14. The lowest BCUT2D eigenvalue weighted by Gasteiger charge is -2.24. The van der Waals surface area contributed by atoms with Gasteiger partial charge in [0.05, 0.1) is 11.4 Å². The van der Waals surface area contributed by atoms with Gasteiger partial charge in [-0.3, -0.25) is 4.79 Å². The molecule has 2 aromatic carbocycles. The SMILES string of the molecule is CB(O)N[C@@H](c1oc2cc(F)ccc2c(=O)c1Cc1ccccc1)C(C)C. The molecule has 0 radical (unpaired) electrons. The molecule has 140 valence electrons. The first kappa shape index (κ1) is 19.3. The number of rotatable bonds is 6. The Labute approximate surface area is 158 Å². The Balaban J connectivity index is 2.24. The molecular formula is C21H23BFNO3. The molecule has 0 bridgehead atoms. The van der Waals surface area contributed by atoms with Gasteiger partial charge in [0.15, 0.2) is 5.43 Å². The summed E-state index contributed by atoms with van der Waals surface area (Å²) < 4.78 is 19.7. The summed E-state index contributed by atoms with van der Waals surface area (Å²) in [6.07, 6.45) is 0.399. The zero-order valence-electron chi connectivity index (χ0n) is 15.7. The smallest absolute Gasteiger partial charge is 0.374 e. The number of nitrogens with one attached hydrogen (secondary N) is 1. The quantitative estimate of drug-likeness (QED) is 0.649. The van der Waals surface area contributed by atoms with Gasteiger partial charge in [-0.1, -0.05) is 44.2 Å². The number of fused-ring (bicyclic) bond motifs is 1. The van der Waals surface area contributed by atoms with Gasteiger partial charge in [0.25, 0.3) is 0 Å². The Morgan fingerprint density at radius 1 is 1.19 bits per heavy atom. The van der Waals surface area contributed by atoms with Crippen LogP contribution in [0.1, 0.15) is 36.8 Å². The highest BCUT2D eigenvalue weighted by molar-refractivity contribution is 6.45. The van der Waals surface area contributed by atoms with Crippen molar-refractivity contribution in [3.05, 3.63) is 81.5 Å². The summed E-state index contributed by atoms with van der Waals surface area (Å²) in [4.78, 5) is 13.2. The second kappa shape index (κ2) is 8.07. The van der Waals surface area contributed by atoms with Crippen molar-refractivity contribution in [1.29, 1.82) is 0 Å². The summed E-state index contributed by atoms with van der Waals surface area (Å²) in [5, 5.41) is 13.3. The molecule has 0 aliphatic rings. The van der Waals surface area contributed by atoms with Crippen LogP contribution in [0.15, 0.2) is 57.7 Å². The summed E-state index contributed by atoms with van der Waals surface area (Å²) in [6.45, 7) is 5.56. The molecule has 1 aromatic heterocycles. The van der Waals surface area contributed by atoms with Gasteiger partial charge in [0.1, 0.15) is 17.2 Å². The van der Waals surface area contributed by atoms with Crippen LogP contribution in [0.2, 0.25) is 6.82 Å². The van der Waals surface area contributed by atoms with Crippen molar-refractivity contribution in [1.82, 2.24) is 5.23 Å². The van der Waals surface area contributed by atoms with Gasteiger partial charge in [-0.25, -0.2) is 4.39 Å². The first-order valence-electron chi connectivity index (χ1n) is 9.10. The number of hydrogen-bond donors (Lipinski definition) is 2. The molecule has 6 heteroatoms. The molecule has 3 rings (SSSR count). The maximum absolute atomic E-state index is 13.7. The third kappa shape index (κ3) is 4.29. The fourth-order valence-corrected chi connectivity index (χ4v) is 3.27. The van der Waals surface area contributed by atoms with Crippen LogP contribution < -0.4 is 10.7 Å². The summed E-state index contributed by atoms with van der Waals surface area (Å²) in [7, 11) is -0.782. The molecule has 2 N–H and O–H groups in total.